The van der Waals surface area contributed by atoms with E-state index in [1.165, 1.54) is 32.3 Å². The van der Waals surface area contributed by atoms with Gasteiger partial charge in [-0.3, -0.25) is 13.9 Å². The molecule has 3 aromatic rings. The van der Waals surface area contributed by atoms with Gasteiger partial charge in [-0.1, -0.05) is 36.4 Å². The summed E-state index contributed by atoms with van der Waals surface area (Å²) in [5, 5.41) is 2.79. The molecule has 0 aliphatic carbocycles. The number of halogens is 1. The van der Waals surface area contributed by atoms with Crippen LogP contribution in [0.3, 0.4) is 0 Å². The zero-order valence-corrected chi connectivity index (χ0v) is 22.1. The highest BCUT2D eigenvalue weighted by atomic mass is 32.2. The number of nitrogens with zero attached hydrogens (tertiary/aromatic N) is 3. The van der Waals surface area contributed by atoms with Crippen LogP contribution >= 0.6 is 0 Å². The minimum atomic E-state index is -3.99. The number of amides is 2. The van der Waals surface area contributed by atoms with Crippen LogP contribution in [-0.2, 0) is 16.8 Å². The molecule has 0 bridgehead atoms. The Labute approximate surface area is 217 Å². The van der Waals surface area contributed by atoms with Crippen LogP contribution in [0, 0.1) is 5.82 Å². The fourth-order valence-electron chi connectivity index (χ4n) is 3.72. The molecule has 3 aromatic carbocycles. The number of rotatable bonds is 10. The van der Waals surface area contributed by atoms with Crippen LogP contribution in [-0.4, -0.2) is 56.6 Å². The standard InChI is InChI=1S/C27H31FN4O4S/c1-5-31(6-2)27(34)22-11-7-9-13-24(22)29-26(33)21-17-15-20(16-18-21)19-32(37(35,36)30(3)4)25-14-10-8-12-23(25)28/h7-18H,5-6,19H2,1-4H3,(H,29,33). The second-order valence-corrected chi connectivity index (χ2v) is 10.5. The van der Waals surface area contributed by atoms with Crippen LogP contribution < -0.4 is 9.62 Å². The molecule has 1 N–H and O–H groups in total. The molecule has 0 fully saturated rings. The van der Waals surface area contributed by atoms with Gasteiger partial charge in [0.25, 0.3) is 11.8 Å². The van der Waals surface area contributed by atoms with Crippen molar-refractivity contribution in [3.8, 4) is 0 Å². The molecule has 10 heteroatoms. The van der Waals surface area contributed by atoms with E-state index >= 15 is 0 Å². The monoisotopic (exact) mass is 526 g/mol. The Morgan fingerprint density at radius 2 is 1.46 bits per heavy atom. The second kappa shape index (κ2) is 12.0. The first-order chi connectivity index (χ1) is 17.6. The molecule has 37 heavy (non-hydrogen) atoms. The van der Waals surface area contributed by atoms with Crippen molar-refractivity contribution in [2.45, 2.75) is 20.4 Å². The number of carbonyl (C=O) groups excluding carboxylic acids is 2. The van der Waals surface area contributed by atoms with E-state index in [1.807, 2.05) is 13.8 Å². The van der Waals surface area contributed by atoms with Gasteiger partial charge in [-0.15, -0.1) is 0 Å². The predicted molar refractivity (Wildman–Crippen MR) is 143 cm³/mol. The number of nitrogens with one attached hydrogen (secondary N) is 1. The Balaban J connectivity index is 1.83. The topological polar surface area (TPSA) is 90.0 Å². The van der Waals surface area contributed by atoms with Crippen molar-refractivity contribution in [2.24, 2.45) is 0 Å². The second-order valence-electron chi connectivity index (χ2n) is 8.42. The lowest BCUT2D eigenvalue weighted by molar-refractivity contribution is 0.0774. The minimum absolute atomic E-state index is 0.0764. The highest BCUT2D eigenvalue weighted by Crippen LogP contribution is 2.26. The molecule has 0 aromatic heterocycles. The first kappa shape index (κ1) is 27.8. The number of carbonyl (C=O) groups is 2. The van der Waals surface area contributed by atoms with Gasteiger partial charge in [-0.05, 0) is 55.8 Å². The summed E-state index contributed by atoms with van der Waals surface area (Å²) < 4.78 is 42.4. The molecule has 0 unspecified atom stereocenters. The normalized spacial score (nSPS) is 11.3. The third-order valence-electron chi connectivity index (χ3n) is 5.86. The molecule has 8 nitrogen and oxygen atoms in total. The summed E-state index contributed by atoms with van der Waals surface area (Å²) in [6.45, 7) is 4.74. The van der Waals surface area contributed by atoms with Gasteiger partial charge in [0.2, 0.25) is 0 Å². The van der Waals surface area contributed by atoms with E-state index in [2.05, 4.69) is 5.32 Å². The molecular weight excluding hydrogens is 495 g/mol. The zero-order valence-electron chi connectivity index (χ0n) is 21.3. The maximum Gasteiger partial charge on any atom is 0.303 e. The van der Waals surface area contributed by atoms with Crippen molar-refractivity contribution in [3.05, 3.63) is 95.3 Å². The van der Waals surface area contributed by atoms with Crippen molar-refractivity contribution in [1.82, 2.24) is 9.21 Å². The number of hydrogen-bond acceptors (Lipinski definition) is 4. The summed E-state index contributed by atoms with van der Waals surface area (Å²) >= 11 is 0. The fourth-order valence-corrected chi connectivity index (χ4v) is 4.83. The van der Waals surface area contributed by atoms with Crippen LogP contribution in [0.2, 0.25) is 0 Å². The van der Waals surface area contributed by atoms with E-state index in [0.29, 0.717) is 35.5 Å². The third-order valence-corrected chi connectivity index (χ3v) is 7.67. The van der Waals surface area contributed by atoms with Crippen molar-refractivity contribution in [1.29, 1.82) is 0 Å². The zero-order chi connectivity index (χ0) is 27.2. The van der Waals surface area contributed by atoms with Gasteiger partial charge in [-0.25, -0.2) is 4.39 Å². The Bertz CT molecular complexity index is 1360. The van der Waals surface area contributed by atoms with Crippen LogP contribution in [0.15, 0.2) is 72.8 Å². The van der Waals surface area contributed by atoms with Gasteiger partial charge in [0.05, 0.1) is 23.5 Å². The van der Waals surface area contributed by atoms with Crippen molar-refractivity contribution < 1.29 is 22.4 Å². The Hall–Kier alpha value is -3.76. The molecule has 196 valence electrons. The summed E-state index contributed by atoms with van der Waals surface area (Å²) in [5.41, 5.74) is 1.60. The van der Waals surface area contributed by atoms with E-state index < -0.39 is 21.9 Å². The van der Waals surface area contributed by atoms with Gasteiger partial charge < -0.3 is 10.2 Å². The summed E-state index contributed by atoms with van der Waals surface area (Å²) in [5.74, 6) is -1.26. The first-order valence-electron chi connectivity index (χ1n) is 11.8. The summed E-state index contributed by atoms with van der Waals surface area (Å²) in [6, 6.07) is 18.8. The number of anilines is 2. The third kappa shape index (κ3) is 6.33. The Morgan fingerprint density at radius 1 is 0.865 bits per heavy atom. The molecule has 0 saturated carbocycles. The molecule has 0 aliphatic heterocycles. The molecule has 0 heterocycles. The maximum atomic E-state index is 14.5. The largest absolute Gasteiger partial charge is 0.339 e. The highest BCUT2D eigenvalue weighted by Gasteiger charge is 2.27. The van der Waals surface area contributed by atoms with Gasteiger partial charge in [0, 0.05) is 32.7 Å². The van der Waals surface area contributed by atoms with Crippen molar-refractivity contribution in [2.75, 3.05) is 36.8 Å². The quantitative estimate of drug-likeness (QED) is 0.425. The predicted octanol–water partition coefficient (Wildman–Crippen LogP) is 4.37. The molecule has 3 rings (SSSR count). The van der Waals surface area contributed by atoms with Crippen LogP contribution in [0.1, 0.15) is 40.1 Å². The molecular formula is C27H31FN4O4S. The molecule has 0 saturated heterocycles. The lowest BCUT2D eigenvalue weighted by Crippen LogP contribution is -2.40. The van der Waals surface area contributed by atoms with E-state index in [-0.39, 0.29) is 18.1 Å². The number of benzene rings is 3. The van der Waals surface area contributed by atoms with Gasteiger partial charge in [-0.2, -0.15) is 12.7 Å². The average molecular weight is 527 g/mol. The first-order valence-corrected chi connectivity index (χ1v) is 13.2. The summed E-state index contributed by atoms with van der Waals surface area (Å²) in [7, 11) is -1.24. The number of para-hydroxylation sites is 2. The molecule has 0 radical (unpaired) electrons. The van der Waals surface area contributed by atoms with E-state index in [4.69, 9.17) is 0 Å². The highest BCUT2D eigenvalue weighted by molar-refractivity contribution is 7.90. The fraction of sp³-hybridized carbons (Fsp3) is 0.259. The van der Waals surface area contributed by atoms with Crippen molar-refractivity contribution in [3.63, 3.8) is 0 Å². The SMILES string of the molecule is CCN(CC)C(=O)c1ccccc1NC(=O)c1ccc(CN(c2ccccc2F)S(=O)(=O)N(C)C)cc1. The van der Waals surface area contributed by atoms with Crippen LogP contribution in [0.25, 0.3) is 0 Å². The lowest BCUT2D eigenvalue weighted by atomic mass is 10.1. The lowest BCUT2D eigenvalue weighted by Gasteiger charge is -2.27. The Kier molecular flexibility index (Phi) is 9.01. The maximum absolute atomic E-state index is 14.5. The average Bonchev–Trinajstić information content (AvgIpc) is 2.89. The molecule has 0 spiro atoms. The smallest absolute Gasteiger partial charge is 0.303 e. The van der Waals surface area contributed by atoms with Gasteiger partial charge >= 0.3 is 10.2 Å². The molecule has 2 amide bonds. The van der Waals surface area contributed by atoms with Crippen LogP contribution in [0.5, 0.6) is 0 Å². The summed E-state index contributed by atoms with van der Waals surface area (Å²) in [4.78, 5) is 27.5. The van der Waals surface area contributed by atoms with E-state index in [9.17, 15) is 22.4 Å². The molecule has 0 aliphatic rings. The molecule has 0 atom stereocenters. The Morgan fingerprint density at radius 3 is 2.05 bits per heavy atom. The van der Waals surface area contributed by atoms with E-state index in [1.54, 1.807) is 59.5 Å². The van der Waals surface area contributed by atoms with Gasteiger partial charge in [0.1, 0.15) is 5.82 Å². The summed E-state index contributed by atoms with van der Waals surface area (Å²) in [6.07, 6.45) is 0. The van der Waals surface area contributed by atoms with Crippen LogP contribution in [0.4, 0.5) is 15.8 Å². The van der Waals surface area contributed by atoms with Gasteiger partial charge in [0.15, 0.2) is 0 Å². The minimum Gasteiger partial charge on any atom is -0.339 e. The van der Waals surface area contributed by atoms with E-state index in [0.717, 1.165) is 8.61 Å². The van der Waals surface area contributed by atoms with Crippen molar-refractivity contribution >= 4 is 33.4 Å². The number of hydrogen-bond donors (Lipinski definition) is 1.